The first-order chi connectivity index (χ1) is 27.0. The second-order valence-corrected chi connectivity index (χ2v) is 14.8. The fourth-order valence-electron chi connectivity index (χ4n) is 8.94. The number of para-hydroxylation sites is 1. The number of nitrogens with zero attached hydrogens (tertiary/aromatic N) is 3. The lowest BCUT2D eigenvalue weighted by atomic mass is 9.66. The van der Waals surface area contributed by atoms with E-state index in [1.54, 1.807) is 0 Å². The Kier molecular flexibility index (Phi) is 7.81. The average molecular weight is 710 g/mol. The summed E-state index contributed by atoms with van der Waals surface area (Å²) in [5.74, 6) is 3.58. The molecule has 0 atom stereocenters. The van der Waals surface area contributed by atoms with E-state index >= 15 is 0 Å². The van der Waals surface area contributed by atoms with Crippen molar-refractivity contribution in [3.8, 4) is 56.8 Å². The molecule has 1 aliphatic heterocycles. The third-order valence-electron chi connectivity index (χ3n) is 11.6. The molecule has 3 aliphatic rings. The second kappa shape index (κ2) is 13.0. The standard InChI is InChI=1S/C51H39N3O/c1-4-34-29-32(2)25-27-39(33(34)3)36-17-14-18-37(30-36)49-52-48(35-15-6-5-7-16-35)53-50(54-49)38-26-28-47-45(31-38)51(44-23-12-13-24-46(44)55-47)42-21-10-8-19-40(42)41-20-9-11-22-43(41)51/h5-28,30-31H,4,29H2,1-3H3. The van der Waals surface area contributed by atoms with Crippen LogP contribution in [0.3, 0.4) is 0 Å². The van der Waals surface area contributed by atoms with Gasteiger partial charge < -0.3 is 4.74 Å². The molecule has 0 saturated carbocycles. The fourth-order valence-corrected chi connectivity index (χ4v) is 8.94. The molecule has 0 saturated heterocycles. The Morgan fingerprint density at radius 2 is 1.07 bits per heavy atom. The molecule has 0 N–H and O–H groups in total. The number of allylic oxidation sites excluding steroid dienone is 6. The normalized spacial score (nSPS) is 14.9. The van der Waals surface area contributed by atoms with E-state index in [1.165, 1.54) is 44.5 Å². The largest absolute Gasteiger partial charge is 0.457 e. The lowest BCUT2D eigenvalue weighted by molar-refractivity contribution is 0.436. The Hall–Kier alpha value is -6.65. The lowest BCUT2D eigenvalue weighted by Gasteiger charge is -2.39. The highest BCUT2D eigenvalue weighted by atomic mass is 16.5. The van der Waals surface area contributed by atoms with Crippen molar-refractivity contribution >= 4 is 5.57 Å². The van der Waals surface area contributed by atoms with Crippen LogP contribution in [0.1, 0.15) is 61.4 Å². The number of benzene rings is 6. The summed E-state index contributed by atoms with van der Waals surface area (Å²) in [5, 5.41) is 0. The predicted molar refractivity (Wildman–Crippen MR) is 223 cm³/mol. The van der Waals surface area contributed by atoms with Crippen molar-refractivity contribution in [3.05, 3.63) is 202 Å². The molecule has 55 heavy (non-hydrogen) atoms. The molecule has 0 bridgehead atoms. The van der Waals surface area contributed by atoms with Crippen molar-refractivity contribution in [2.75, 3.05) is 0 Å². The van der Waals surface area contributed by atoms with Crippen LogP contribution in [0.25, 0.3) is 50.9 Å². The molecule has 2 aliphatic carbocycles. The van der Waals surface area contributed by atoms with E-state index in [9.17, 15) is 0 Å². The number of hydrogen-bond acceptors (Lipinski definition) is 4. The van der Waals surface area contributed by atoms with Gasteiger partial charge in [-0.1, -0.05) is 145 Å². The summed E-state index contributed by atoms with van der Waals surface area (Å²) in [7, 11) is 0. The van der Waals surface area contributed by atoms with Crippen molar-refractivity contribution in [1.82, 2.24) is 15.0 Å². The Balaban J connectivity index is 1.18. The van der Waals surface area contributed by atoms with Gasteiger partial charge in [-0.15, -0.1) is 0 Å². The topological polar surface area (TPSA) is 47.9 Å². The first-order valence-electron chi connectivity index (χ1n) is 19.1. The molecular formula is C51H39N3O. The smallest absolute Gasteiger partial charge is 0.164 e. The number of ether oxygens (including phenoxy) is 1. The summed E-state index contributed by atoms with van der Waals surface area (Å²) in [6, 6.07) is 51.3. The highest BCUT2D eigenvalue weighted by Gasteiger charge is 2.51. The number of fused-ring (bicyclic) bond motifs is 9. The van der Waals surface area contributed by atoms with Gasteiger partial charge in [-0.25, -0.2) is 15.0 Å². The summed E-state index contributed by atoms with van der Waals surface area (Å²) < 4.78 is 6.72. The molecule has 1 spiro atoms. The van der Waals surface area contributed by atoms with E-state index in [-0.39, 0.29) is 0 Å². The van der Waals surface area contributed by atoms with Crippen molar-refractivity contribution in [2.45, 2.75) is 39.0 Å². The maximum atomic E-state index is 6.72. The van der Waals surface area contributed by atoms with Crippen LogP contribution in [0.2, 0.25) is 0 Å². The van der Waals surface area contributed by atoms with Crippen LogP contribution in [-0.4, -0.2) is 15.0 Å². The zero-order valence-corrected chi connectivity index (χ0v) is 31.2. The van der Waals surface area contributed by atoms with Crippen LogP contribution in [0.15, 0.2) is 174 Å². The van der Waals surface area contributed by atoms with Gasteiger partial charge in [0.1, 0.15) is 11.5 Å². The van der Waals surface area contributed by atoms with E-state index in [4.69, 9.17) is 19.7 Å². The Bertz CT molecular complexity index is 2730. The highest BCUT2D eigenvalue weighted by molar-refractivity contribution is 5.89. The summed E-state index contributed by atoms with van der Waals surface area (Å²) >= 11 is 0. The third-order valence-corrected chi connectivity index (χ3v) is 11.6. The van der Waals surface area contributed by atoms with Crippen LogP contribution in [0, 0.1) is 0 Å². The molecule has 0 amide bonds. The summed E-state index contributed by atoms with van der Waals surface area (Å²) in [4.78, 5) is 15.6. The van der Waals surface area contributed by atoms with Crippen LogP contribution in [0.4, 0.5) is 0 Å². The molecule has 2 heterocycles. The van der Waals surface area contributed by atoms with Gasteiger partial charge in [0.25, 0.3) is 0 Å². The van der Waals surface area contributed by atoms with Crippen molar-refractivity contribution in [2.24, 2.45) is 0 Å². The van der Waals surface area contributed by atoms with Crippen LogP contribution in [0.5, 0.6) is 11.5 Å². The number of aromatic nitrogens is 3. The van der Waals surface area contributed by atoms with Gasteiger partial charge in [0.15, 0.2) is 17.5 Å². The van der Waals surface area contributed by atoms with Gasteiger partial charge in [0, 0.05) is 27.8 Å². The lowest BCUT2D eigenvalue weighted by Crippen LogP contribution is -2.32. The third kappa shape index (κ3) is 5.24. The van der Waals surface area contributed by atoms with E-state index in [0.29, 0.717) is 17.5 Å². The zero-order valence-electron chi connectivity index (χ0n) is 31.2. The van der Waals surface area contributed by atoms with Crippen LogP contribution >= 0.6 is 0 Å². The van der Waals surface area contributed by atoms with E-state index in [2.05, 4.69) is 160 Å². The molecular weight excluding hydrogens is 671 g/mol. The van der Waals surface area contributed by atoms with E-state index in [1.807, 2.05) is 18.2 Å². The minimum atomic E-state index is -0.582. The van der Waals surface area contributed by atoms with Crippen LogP contribution in [-0.2, 0) is 5.41 Å². The first kappa shape index (κ1) is 33.0. The molecule has 0 radical (unpaired) electrons. The molecule has 0 fully saturated rings. The molecule has 0 unspecified atom stereocenters. The SMILES string of the molecule is CCC1=C(C)C(c2cccc(-c3nc(-c4ccccc4)nc(-c4ccc5c(c4)C4(c6ccccc6O5)c5ccccc5-c5ccccc54)n3)c2)=CC=C(C)C1. The zero-order chi connectivity index (χ0) is 37.1. The Morgan fingerprint density at radius 3 is 1.78 bits per heavy atom. The quantitative estimate of drug-likeness (QED) is 0.178. The Labute approximate surface area is 322 Å². The molecule has 4 heteroatoms. The Morgan fingerprint density at radius 1 is 0.509 bits per heavy atom. The van der Waals surface area contributed by atoms with Crippen molar-refractivity contribution < 1.29 is 4.74 Å². The summed E-state index contributed by atoms with van der Waals surface area (Å²) in [5.41, 5.74) is 16.0. The van der Waals surface area contributed by atoms with Crippen molar-refractivity contribution in [3.63, 3.8) is 0 Å². The first-order valence-corrected chi connectivity index (χ1v) is 19.1. The highest BCUT2D eigenvalue weighted by Crippen LogP contribution is 2.62. The van der Waals surface area contributed by atoms with Gasteiger partial charge in [-0.3, -0.25) is 0 Å². The van der Waals surface area contributed by atoms with Crippen LogP contribution < -0.4 is 4.74 Å². The minimum Gasteiger partial charge on any atom is -0.457 e. The van der Waals surface area contributed by atoms with Gasteiger partial charge in [0.05, 0.1) is 5.41 Å². The van der Waals surface area contributed by atoms with Crippen molar-refractivity contribution in [1.29, 1.82) is 0 Å². The van der Waals surface area contributed by atoms with E-state index < -0.39 is 5.41 Å². The summed E-state index contributed by atoms with van der Waals surface area (Å²) in [6.45, 7) is 6.72. The summed E-state index contributed by atoms with van der Waals surface area (Å²) in [6.07, 6.45) is 6.56. The van der Waals surface area contributed by atoms with Gasteiger partial charge >= 0.3 is 0 Å². The average Bonchev–Trinajstić information content (AvgIpc) is 3.44. The maximum absolute atomic E-state index is 6.72. The minimum absolute atomic E-state index is 0.582. The molecule has 264 valence electrons. The predicted octanol–water partition coefficient (Wildman–Crippen LogP) is 12.8. The van der Waals surface area contributed by atoms with Gasteiger partial charge in [0.2, 0.25) is 0 Å². The molecule has 6 aromatic carbocycles. The second-order valence-electron chi connectivity index (χ2n) is 14.8. The molecule has 4 nitrogen and oxygen atoms in total. The molecule has 10 rings (SSSR count). The number of rotatable bonds is 5. The monoisotopic (exact) mass is 709 g/mol. The maximum Gasteiger partial charge on any atom is 0.164 e. The molecule has 1 aromatic heterocycles. The molecule has 7 aromatic rings. The number of hydrogen-bond donors (Lipinski definition) is 0. The fraction of sp³-hybridized carbons (Fsp3) is 0.118. The van der Waals surface area contributed by atoms with E-state index in [0.717, 1.165) is 57.7 Å². The van der Waals surface area contributed by atoms with Gasteiger partial charge in [-0.05, 0) is 96.0 Å². The van der Waals surface area contributed by atoms with Gasteiger partial charge in [-0.2, -0.15) is 0 Å².